The minimum atomic E-state index is -0.188. The van der Waals surface area contributed by atoms with Gasteiger partial charge >= 0.3 is 0 Å². The number of halogens is 1. The number of amides is 1. The molecule has 1 aromatic heterocycles. The molecule has 2 N–H and O–H groups in total. The van der Waals surface area contributed by atoms with Gasteiger partial charge in [-0.3, -0.25) is 4.79 Å². The molecule has 4 aromatic rings. The number of carbonyl (C=O) groups is 1. The van der Waals surface area contributed by atoms with Gasteiger partial charge in [0.1, 0.15) is 12.1 Å². The van der Waals surface area contributed by atoms with Crippen molar-refractivity contribution in [2.24, 2.45) is 0 Å². The van der Waals surface area contributed by atoms with Gasteiger partial charge < -0.3 is 10.6 Å². The van der Waals surface area contributed by atoms with Crippen LogP contribution in [0.2, 0.25) is 5.02 Å². The Morgan fingerprint density at radius 3 is 2.21 bits per heavy atom. The van der Waals surface area contributed by atoms with E-state index in [2.05, 4.69) is 20.6 Å². The molecule has 0 radical (unpaired) electrons. The molecule has 0 aliphatic rings. The maximum absolute atomic E-state index is 12.4. The molecule has 1 heterocycles. The van der Waals surface area contributed by atoms with Crippen LogP contribution in [0.5, 0.6) is 0 Å². The lowest BCUT2D eigenvalue weighted by atomic mass is 10.1. The van der Waals surface area contributed by atoms with Crippen molar-refractivity contribution in [3.05, 3.63) is 102 Å². The van der Waals surface area contributed by atoms with Crippen LogP contribution in [0.25, 0.3) is 11.3 Å². The molecule has 0 atom stereocenters. The first kappa shape index (κ1) is 18.7. The lowest BCUT2D eigenvalue weighted by molar-refractivity contribution is 0.102. The number of hydrogen-bond donors (Lipinski definition) is 2. The van der Waals surface area contributed by atoms with Crippen molar-refractivity contribution in [1.82, 2.24) is 9.97 Å². The fourth-order valence-corrected chi connectivity index (χ4v) is 2.91. The van der Waals surface area contributed by atoms with Gasteiger partial charge in [-0.1, -0.05) is 41.9 Å². The SMILES string of the molecule is O=C(Nc1ccc(Cl)cc1)c1ccc(Nc2cc(-c3ccccc3)ncn2)cc1. The summed E-state index contributed by atoms with van der Waals surface area (Å²) in [4.78, 5) is 21.0. The van der Waals surface area contributed by atoms with E-state index in [-0.39, 0.29) is 5.91 Å². The number of rotatable bonds is 5. The molecular weight excluding hydrogens is 384 g/mol. The van der Waals surface area contributed by atoms with Crippen molar-refractivity contribution in [2.75, 3.05) is 10.6 Å². The summed E-state index contributed by atoms with van der Waals surface area (Å²) in [5.41, 5.74) is 3.93. The lowest BCUT2D eigenvalue weighted by Gasteiger charge is -2.09. The summed E-state index contributed by atoms with van der Waals surface area (Å²) in [5.74, 6) is 0.490. The molecule has 0 aliphatic heterocycles. The van der Waals surface area contributed by atoms with Crippen LogP contribution in [-0.2, 0) is 0 Å². The van der Waals surface area contributed by atoms with Crippen LogP contribution < -0.4 is 10.6 Å². The van der Waals surface area contributed by atoms with Gasteiger partial charge in [0.05, 0.1) is 5.69 Å². The minimum Gasteiger partial charge on any atom is -0.340 e. The topological polar surface area (TPSA) is 66.9 Å². The van der Waals surface area contributed by atoms with Crippen molar-refractivity contribution >= 4 is 34.7 Å². The molecule has 0 saturated carbocycles. The first-order valence-corrected chi connectivity index (χ1v) is 9.37. The summed E-state index contributed by atoms with van der Waals surface area (Å²) in [6.45, 7) is 0. The Morgan fingerprint density at radius 1 is 0.793 bits per heavy atom. The summed E-state index contributed by atoms with van der Waals surface area (Å²) in [7, 11) is 0. The lowest BCUT2D eigenvalue weighted by Crippen LogP contribution is -2.11. The van der Waals surface area contributed by atoms with Crippen molar-refractivity contribution in [3.8, 4) is 11.3 Å². The van der Waals surface area contributed by atoms with Gasteiger partial charge in [-0.15, -0.1) is 0 Å². The maximum atomic E-state index is 12.4. The molecule has 5 nitrogen and oxygen atoms in total. The third kappa shape index (κ3) is 4.78. The van der Waals surface area contributed by atoms with Gasteiger partial charge in [-0.05, 0) is 48.5 Å². The zero-order valence-corrected chi connectivity index (χ0v) is 16.1. The van der Waals surface area contributed by atoms with Crippen LogP contribution in [0, 0.1) is 0 Å². The van der Waals surface area contributed by atoms with Crippen LogP contribution >= 0.6 is 11.6 Å². The van der Waals surface area contributed by atoms with Crippen LogP contribution in [0.1, 0.15) is 10.4 Å². The van der Waals surface area contributed by atoms with E-state index in [0.717, 1.165) is 16.9 Å². The molecule has 1 amide bonds. The molecule has 0 spiro atoms. The van der Waals surface area contributed by atoms with Gasteiger partial charge in [-0.25, -0.2) is 9.97 Å². The van der Waals surface area contributed by atoms with Crippen molar-refractivity contribution < 1.29 is 4.79 Å². The normalized spacial score (nSPS) is 10.4. The first-order valence-electron chi connectivity index (χ1n) is 8.99. The molecule has 29 heavy (non-hydrogen) atoms. The van der Waals surface area contributed by atoms with E-state index >= 15 is 0 Å². The first-order chi connectivity index (χ1) is 14.2. The Morgan fingerprint density at radius 2 is 1.48 bits per heavy atom. The predicted octanol–water partition coefficient (Wildman–Crippen LogP) is 5.79. The molecule has 3 aromatic carbocycles. The van der Waals surface area contributed by atoms with Crippen molar-refractivity contribution in [1.29, 1.82) is 0 Å². The number of benzene rings is 3. The fourth-order valence-electron chi connectivity index (χ4n) is 2.78. The largest absolute Gasteiger partial charge is 0.340 e. The predicted molar refractivity (Wildman–Crippen MR) is 117 cm³/mol. The quantitative estimate of drug-likeness (QED) is 0.444. The summed E-state index contributed by atoms with van der Waals surface area (Å²) in [6, 6.07) is 26.0. The number of nitrogens with zero attached hydrogens (tertiary/aromatic N) is 2. The van der Waals surface area contributed by atoms with E-state index in [0.29, 0.717) is 22.1 Å². The zero-order valence-electron chi connectivity index (χ0n) is 15.3. The number of hydrogen-bond acceptors (Lipinski definition) is 4. The van der Waals surface area contributed by atoms with Gasteiger partial charge in [0.2, 0.25) is 0 Å². The summed E-state index contributed by atoms with van der Waals surface area (Å²) < 4.78 is 0. The van der Waals surface area contributed by atoms with E-state index in [1.807, 2.05) is 48.5 Å². The average molecular weight is 401 g/mol. The highest BCUT2D eigenvalue weighted by Gasteiger charge is 2.07. The molecule has 4 rings (SSSR count). The van der Waals surface area contributed by atoms with Crippen LogP contribution in [0.4, 0.5) is 17.2 Å². The van der Waals surface area contributed by atoms with Gasteiger partial charge in [0.15, 0.2) is 0 Å². The summed E-state index contributed by atoms with van der Waals surface area (Å²) in [6.07, 6.45) is 1.53. The highest BCUT2D eigenvalue weighted by molar-refractivity contribution is 6.30. The highest BCUT2D eigenvalue weighted by atomic mass is 35.5. The van der Waals surface area contributed by atoms with E-state index in [9.17, 15) is 4.79 Å². The monoisotopic (exact) mass is 400 g/mol. The minimum absolute atomic E-state index is 0.188. The highest BCUT2D eigenvalue weighted by Crippen LogP contribution is 2.21. The Bertz CT molecular complexity index is 1110. The Balaban J connectivity index is 1.44. The van der Waals surface area contributed by atoms with E-state index in [1.54, 1.807) is 36.4 Å². The van der Waals surface area contributed by atoms with E-state index in [4.69, 9.17) is 11.6 Å². The van der Waals surface area contributed by atoms with Crippen molar-refractivity contribution in [3.63, 3.8) is 0 Å². The molecule has 0 unspecified atom stereocenters. The van der Waals surface area contributed by atoms with Gasteiger partial charge in [0, 0.05) is 33.6 Å². The fraction of sp³-hybridized carbons (Fsp3) is 0. The molecular formula is C23H17ClN4O. The molecule has 0 aliphatic carbocycles. The smallest absolute Gasteiger partial charge is 0.255 e. The Hall–Kier alpha value is -3.70. The van der Waals surface area contributed by atoms with Crippen molar-refractivity contribution in [2.45, 2.75) is 0 Å². The van der Waals surface area contributed by atoms with E-state index < -0.39 is 0 Å². The zero-order chi connectivity index (χ0) is 20.1. The molecule has 0 bridgehead atoms. The number of aromatic nitrogens is 2. The second-order valence-corrected chi connectivity index (χ2v) is 6.75. The number of nitrogens with one attached hydrogen (secondary N) is 2. The Labute approximate surface area is 173 Å². The van der Waals surface area contributed by atoms with E-state index in [1.165, 1.54) is 6.33 Å². The standard InChI is InChI=1S/C23H17ClN4O/c24-18-8-12-20(13-9-18)28-23(29)17-6-10-19(11-7-17)27-22-14-21(25-15-26-22)16-4-2-1-3-5-16/h1-15H,(H,28,29)(H,25,26,27). The van der Waals surface area contributed by atoms with Crippen LogP contribution in [-0.4, -0.2) is 15.9 Å². The molecule has 6 heteroatoms. The number of carbonyl (C=O) groups excluding carboxylic acids is 1. The molecule has 0 saturated heterocycles. The van der Waals surface area contributed by atoms with Crippen LogP contribution in [0.15, 0.2) is 91.3 Å². The van der Waals surface area contributed by atoms with Crippen LogP contribution in [0.3, 0.4) is 0 Å². The van der Waals surface area contributed by atoms with Gasteiger partial charge in [0.25, 0.3) is 5.91 Å². The maximum Gasteiger partial charge on any atom is 0.255 e. The summed E-state index contributed by atoms with van der Waals surface area (Å²) >= 11 is 5.86. The average Bonchev–Trinajstić information content (AvgIpc) is 2.77. The Kier molecular flexibility index (Phi) is 5.49. The third-order valence-corrected chi connectivity index (χ3v) is 4.51. The second kappa shape index (κ2) is 8.54. The third-order valence-electron chi connectivity index (χ3n) is 4.26. The molecule has 0 fully saturated rings. The molecule has 142 valence electrons. The number of anilines is 3. The summed E-state index contributed by atoms with van der Waals surface area (Å²) in [5, 5.41) is 6.70. The second-order valence-electron chi connectivity index (χ2n) is 6.32. The van der Waals surface area contributed by atoms with Gasteiger partial charge in [-0.2, -0.15) is 0 Å².